The monoisotopic (exact) mass is 693 g/mol. The van der Waals surface area contributed by atoms with Gasteiger partial charge in [-0.05, 0) is 40.7 Å². The summed E-state index contributed by atoms with van der Waals surface area (Å²) in [6.07, 6.45) is 0.502. The minimum Gasteiger partial charge on any atom is -0.476 e. The van der Waals surface area contributed by atoms with Crippen molar-refractivity contribution in [3.05, 3.63) is 191 Å². The summed E-state index contributed by atoms with van der Waals surface area (Å²) < 4.78 is 6.10. The van der Waals surface area contributed by atoms with E-state index in [1.165, 1.54) is 11.3 Å². The highest BCUT2D eigenvalue weighted by molar-refractivity contribution is 7.14. The van der Waals surface area contributed by atoms with Gasteiger partial charge in [0.15, 0.2) is 11.2 Å². The molecule has 0 amide bonds. The second-order valence-electron chi connectivity index (χ2n) is 12.4. The molecule has 1 aromatic heterocycles. The van der Waals surface area contributed by atoms with Crippen molar-refractivity contribution in [3.8, 4) is 0 Å². The maximum Gasteiger partial charge on any atom is 0.360 e. The number of thiazole rings is 1. The van der Waals surface area contributed by atoms with Gasteiger partial charge in [-0.25, -0.2) is 9.78 Å². The molecule has 0 bridgehead atoms. The number of hydrogen-bond donors (Lipinski definition) is 2. The highest BCUT2D eigenvalue weighted by Crippen LogP contribution is 2.48. The molecule has 2 N–H and O–H groups in total. The first-order valence-corrected chi connectivity index (χ1v) is 17.5. The fraction of sp³-hybridized carbons (Fsp3) is 0.143. The molecule has 0 aliphatic heterocycles. The summed E-state index contributed by atoms with van der Waals surface area (Å²) in [5, 5.41) is 20.0. The average molecular weight is 694 g/mol. The highest BCUT2D eigenvalue weighted by atomic mass is 32.1. The number of benzene rings is 5. The van der Waals surface area contributed by atoms with E-state index in [-0.39, 0.29) is 18.0 Å². The lowest BCUT2D eigenvalue weighted by Crippen LogP contribution is -2.38. The van der Waals surface area contributed by atoms with Crippen LogP contribution in [0, 0.1) is 5.41 Å². The van der Waals surface area contributed by atoms with Crippen LogP contribution in [0.3, 0.4) is 0 Å². The van der Waals surface area contributed by atoms with E-state index in [0.29, 0.717) is 18.0 Å². The third-order valence-corrected chi connectivity index (χ3v) is 9.83. The third-order valence-electron chi connectivity index (χ3n) is 9.08. The molecule has 1 saturated carbocycles. The molecule has 6 aromatic rings. The van der Waals surface area contributed by atoms with Crippen LogP contribution >= 0.6 is 11.3 Å². The molecule has 0 saturated heterocycles. The molecular weight excluding hydrogens is 659 g/mol. The van der Waals surface area contributed by atoms with Gasteiger partial charge < -0.3 is 20.0 Å². The first-order valence-electron chi connectivity index (χ1n) is 16.6. The number of carbonyl (C=O) groups excluding carboxylic acids is 1. The molecule has 254 valence electrons. The summed E-state index contributed by atoms with van der Waals surface area (Å²) in [7, 11) is 0. The van der Waals surface area contributed by atoms with Crippen LogP contribution in [-0.2, 0) is 24.7 Å². The minimum absolute atomic E-state index is 0.118. The second-order valence-corrected chi connectivity index (χ2v) is 13.3. The molecule has 0 atom stereocenters. The van der Waals surface area contributed by atoms with Gasteiger partial charge in [-0.3, -0.25) is 4.79 Å². The molecule has 1 fully saturated rings. The van der Waals surface area contributed by atoms with E-state index >= 15 is 0 Å². The Hall–Kier alpha value is -6.06. The standard InChI is InChI=1S/C42H35N3O5S/c46-38(47)36(45-49-29-41(26-27-41)39(48)50-37(30-16-6-1-7-17-30)31-18-8-2-9-19-31)35-28-51-40(43-35)44-42(32-20-10-3-11-21-32,33-22-12-4-13-23-33)34-24-14-5-15-25-34/h1-25,28,37H,26-27,29H2,(H,43,44)(H,46,47)/b45-36-. The topological polar surface area (TPSA) is 110 Å². The number of hydrogen-bond acceptors (Lipinski definition) is 8. The van der Waals surface area contributed by atoms with Crippen LogP contribution in [0.2, 0.25) is 0 Å². The summed E-state index contributed by atoms with van der Waals surface area (Å²) in [5.41, 5.74) is 2.68. The Morgan fingerprint density at radius 3 is 1.63 bits per heavy atom. The molecule has 0 radical (unpaired) electrons. The normalized spacial score (nSPS) is 13.7. The smallest absolute Gasteiger partial charge is 0.360 e. The van der Waals surface area contributed by atoms with E-state index < -0.39 is 29.0 Å². The largest absolute Gasteiger partial charge is 0.476 e. The lowest BCUT2D eigenvalue weighted by atomic mass is 9.77. The highest BCUT2D eigenvalue weighted by Gasteiger charge is 2.53. The van der Waals surface area contributed by atoms with Crippen molar-refractivity contribution in [3.63, 3.8) is 0 Å². The summed E-state index contributed by atoms with van der Waals surface area (Å²) in [5.74, 6) is -1.71. The first kappa shape index (κ1) is 33.4. The van der Waals surface area contributed by atoms with Crippen LogP contribution in [0.25, 0.3) is 0 Å². The molecule has 7 rings (SSSR count). The van der Waals surface area contributed by atoms with Gasteiger partial charge in [-0.15, -0.1) is 11.3 Å². The summed E-state index contributed by atoms with van der Waals surface area (Å²) in [4.78, 5) is 36.3. The number of rotatable bonds is 14. The quantitative estimate of drug-likeness (QED) is 0.0510. The number of carbonyl (C=O) groups is 2. The number of anilines is 1. The van der Waals surface area contributed by atoms with Crippen LogP contribution < -0.4 is 5.32 Å². The third kappa shape index (κ3) is 7.15. The predicted molar refractivity (Wildman–Crippen MR) is 198 cm³/mol. The van der Waals surface area contributed by atoms with E-state index in [9.17, 15) is 14.7 Å². The lowest BCUT2D eigenvalue weighted by molar-refractivity contribution is -0.156. The zero-order valence-corrected chi connectivity index (χ0v) is 28.4. The van der Waals surface area contributed by atoms with Crippen molar-refractivity contribution in [1.82, 2.24) is 4.98 Å². The average Bonchev–Trinajstić information content (AvgIpc) is 3.85. The van der Waals surface area contributed by atoms with Crippen LogP contribution in [0.5, 0.6) is 0 Å². The first-order chi connectivity index (χ1) is 25.0. The van der Waals surface area contributed by atoms with Gasteiger partial charge in [0.2, 0.25) is 5.71 Å². The number of aliphatic carboxylic acids is 1. The van der Waals surface area contributed by atoms with Crippen LogP contribution in [0.15, 0.2) is 162 Å². The van der Waals surface area contributed by atoms with Gasteiger partial charge in [0.05, 0.1) is 0 Å². The van der Waals surface area contributed by atoms with Crippen molar-refractivity contribution in [1.29, 1.82) is 0 Å². The Bertz CT molecular complexity index is 1970. The van der Waals surface area contributed by atoms with Crippen molar-refractivity contribution < 1.29 is 24.3 Å². The van der Waals surface area contributed by atoms with Crippen molar-refractivity contribution >= 4 is 34.1 Å². The Balaban J connectivity index is 1.12. The van der Waals surface area contributed by atoms with Gasteiger partial charge in [-0.1, -0.05) is 157 Å². The zero-order chi connectivity index (χ0) is 35.1. The fourth-order valence-electron chi connectivity index (χ4n) is 6.17. The van der Waals surface area contributed by atoms with Gasteiger partial charge in [0, 0.05) is 5.38 Å². The number of nitrogens with zero attached hydrogens (tertiary/aromatic N) is 2. The van der Waals surface area contributed by atoms with Gasteiger partial charge in [0.1, 0.15) is 23.3 Å². The van der Waals surface area contributed by atoms with Crippen LogP contribution in [0.4, 0.5) is 5.13 Å². The van der Waals surface area contributed by atoms with E-state index in [4.69, 9.17) is 9.57 Å². The van der Waals surface area contributed by atoms with E-state index in [1.807, 2.05) is 115 Å². The number of oxime groups is 1. The van der Waals surface area contributed by atoms with Crippen LogP contribution in [0.1, 0.15) is 52.5 Å². The molecule has 1 aliphatic rings. The van der Waals surface area contributed by atoms with Gasteiger partial charge in [-0.2, -0.15) is 0 Å². The SMILES string of the molecule is O=C(O)/C(=N\OCC1(C(=O)OC(c2ccccc2)c2ccccc2)CC1)c1csc(NC(c2ccccc2)(c2ccccc2)c2ccccc2)n1. The van der Waals surface area contributed by atoms with E-state index in [2.05, 4.69) is 51.9 Å². The summed E-state index contributed by atoms with van der Waals surface area (Å²) in [6.45, 7) is -0.118. The van der Waals surface area contributed by atoms with Crippen molar-refractivity contribution in [2.45, 2.75) is 24.5 Å². The predicted octanol–water partition coefficient (Wildman–Crippen LogP) is 8.47. The van der Waals surface area contributed by atoms with Crippen molar-refractivity contribution in [2.24, 2.45) is 10.6 Å². The molecule has 51 heavy (non-hydrogen) atoms. The van der Waals surface area contributed by atoms with Gasteiger partial charge in [0.25, 0.3) is 0 Å². The van der Waals surface area contributed by atoms with E-state index in [0.717, 1.165) is 27.8 Å². The Morgan fingerprint density at radius 2 is 1.20 bits per heavy atom. The minimum atomic E-state index is -1.30. The Labute approximate surface area is 300 Å². The number of nitrogens with one attached hydrogen (secondary N) is 1. The van der Waals surface area contributed by atoms with Crippen molar-refractivity contribution in [2.75, 3.05) is 11.9 Å². The molecule has 0 unspecified atom stereocenters. The molecule has 1 heterocycles. The molecule has 1 aliphatic carbocycles. The zero-order valence-electron chi connectivity index (χ0n) is 27.6. The second kappa shape index (κ2) is 14.8. The number of esters is 1. The Morgan fingerprint density at radius 1 is 0.745 bits per heavy atom. The number of ether oxygens (including phenoxy) is 1. The summed E-state index contributed by atoms with van der Waals surface area (Å²) in [6, 6.07) is 49.3. The molecule has 0 spiro atoms. The molecule has 5 aromatic carbocycles. The van der Waals surface area contributed by atoms with E-state index in [1.54, 1.807) is 5.38 Å². The van der Waals surface area contributed by atoms with Gasteiger partial charge >= 0.3 is 11.9 Å². The summed E-state index contributed by atoms with van der Waals surface area (Å²) >= 11 is 1.27. The Kier molecular flexibility index (Phi) is 9.72. The lowest BCUT2D eigenvalue weighted by Gasteiger charge is -2.36. The molecule has 9 heteroatoms. The maximum atomic E-state index is 13.6. The number of carboxylic acids is 1. The molecular formula is C42H35N3O5S. The molecule has 8 nitrogen and oxygen atoms in total. The van der Waals surface area contributed by atoms with Crippen LogP contribution in [-0.4, -0.2) is 34.3 Å². The number of aromatic nitrogens is 1. The maximum absolute atomic E-state index is 13.6. The fourth-order valence-corrected chi connectivity index (χ4v) is 6.92. The number of carboxylic acid groups (broad SMARTS) is 1.